The maximum Gasteiger partial charge on any atom is 0.222 e. The van der Waals surface area contributed by atoms with Crippen molar-refractivity contribution in [3.63, 3.8) is 0 Å². The van der Waals surface area contributed by atoms with E-state index in [1.807, 2.05) is 13.8 Å². The van der Waals surface area contributed by atoms with Crippen LogP contribution in [0.3, 0.4) is 0 Å². The highest BCUT2D eigenvalue weighted by Crippen LogP contribution is 2.12. The van der Waals surface area contributed by atoms with E-state index in [4.69, 9.17) is 0 Å². The number of hydrogen-bond acceptors (Lipinski definition) is 2. The normalized spacial score (nSPS) is 23.8. The first-order valence-corrected chi connectivity index (χ1v) is 5.06. The van der Waals surface area contributed by atoms with Crippen LogP contribution in [-0.4, -0.2) is 37.5 Å². The van der Waals surface area contributed by atoms with Gasteiger partial charge in [-0.05, 0) is 25.9 Å². The van der Waals surface area contributed by atoms with Crippen LogP contribution in [-0.2, 0) is 4.79 Å². The van der Waals surface area contributed by atoms with Crippen molar-refractivity contribution in [2.75, 3.05) is 26.7 Å². The number of likely N-dealkylation sites (tertiary alicyclic amines) is 1. The number of carbonyl (C=O) groups is 1. The lowest BCUT2D eigenvalue weighted by Gasteiger charge is -2.12. The Morgan fingerprint density at radius 1 is 1.62 bits per heavy atom. The molecule has 0 spiro atoms. The Balaban J connectivity index is 2.16. The molecule has 3 heteroatoms. The molecule has 1 aliphatic heterocycles. The molecule has 3 nitrogen and oxygen atoms in total. The molecule has 0 saturated carbocycles. The van der Waals surface area contributed by atoms with Crippen molar-refractivity contribution in [1.82, 2.24) is 10.2 Å². The Hall–Kier alpha value is -0.570. The number of nitrogens with one attached hydrogen (secondary N) is 1. The summed E-state index contributed by atoms with van der Waals surface area (Å²) in [6.07, 6.45) is 1.22. The minimum atomic E-state index is 0.110. The van der Waals surface area contributed by atoms with Gasteiger partial charge >= 0.3 is 0 Å². The summed E-state index contributed by atoms with van der Waals surface area (Å²) < 4.78 is 0. The van der Waals surface area contributed by atoms with Crippen molar-refractivity contribution in [2.24, 2.45) is 11.8 Å². The van der Waals surface area contributed by atoms with Gasteiger partial charge in [0.2, 0.25) is 5.91 Å². The van der Waals surface area contributed by atoms with E-state index in [9.17, 15) is 4.79 Å². The first kappa shape index (κ1) is 10.5. The average molecular weight is 184 g/mol. The average Bonchev–Trinajstić information content (AvgIpc) is 2.47. The fourth-order valence-electron chi connectivity index (χ4n) is 1.64. The van der Waals surface area contributed by atoms with E-state index in [0.29, 0.717) is 5.92 Å². The van der Waals surface area contributed by atoms with Crippen molar-refractivity contribution >= 4 is 5.91 Å². The molecule has 0 aromatic heterocycles. The summed E-state index contributed by atoms with van der Waals surface area (Å²) in [7, 11) is 2.13. The Bertz CT molecular complexity index is 180. The zero-order valence-electron chi connectivity index (χ0n) is 8.84. The summed E-state index contributed by atoms with van der Waals surface area (Å²) in [6.45, 7) is 6.99. The van der Waals surface area contributed by atoms with Crippen molar-refractivity contribution in [2.45, 2.75) is 20.3 Å². The van der Waals surface area contributed by atoms with Crippen LogP contribution >= 0.6 is 0 Å². The van der Waals surface area contributed by atoms with Gasteiger partial charge in [-0.15, -0.1) is 0 Å². The predicted molar refractivity (Wildman–Crippen MR) is 53.5 cm³/mol. The zero-order chi connectivity index (χ0) is 9.84. The highest BCUT2D eigenvalue weighted by Gasteiger charge is 2.19. The van der Waals surface area contributed by atoms with Crippen LogP contribution in [0.15, 0.2) is 0 Å². The zero-order valence-corrected chi connectivity index (χ0v) is 8.84. The lowest BCUT2D eigenvalue weighted by atomic mass is 10.1. The maximum absolute atomic E-state index is 11.3. The third-order valence-electron chi connectivity index (χ3n) is 2.58. The van der Waals surface area contributed by atoms with Crippen LogP contribution in [0.25, 0.3) is 0 Å². The summed E-state index contributed by atoms with van der Waals surface area (Å²) >= 11 is 0. The lowest BCUT2D eigenvalue weighted by molar-refractivity contribution is -0.124. The molecule has 0 radical (unpaired) electrons. The number of hydrogen-bond donors (Lipinski definition) is 1. The van der Waals surface area contributed by atoms with E-state index in [0.717, 1.165) is 13.1 Å². The summed E-state index contributed by atoms with van der Waals surface area (Å²) in [5.74, 6) is 0.946. The lowest BCUT2D eigenvalue weighted by Crippen LogP contribution is -2.33. The molecule has 1 amide bonds. The van der Waals surface area contributed by atoms with E-state index in [2.05, 4.69) is 17.3 Å². The topological polar surface area (TPSA) is 32.3 Å². The Labute approximate surface area is 80.5 Å². The number of carbonyl (C=O) groups excluding carboxylic acids is 1. The summed E-state index contributed by atoms with van der Waals surface area (Å²) in [4.78, 5) is 13.6. The molecule has 1 heterocycles. The molecule has 1 fully saturated rings. The summed E-state index contributed by atoms with van der Waals surface area (Å²) in [5, 5.41) is 2.98. The van der Waals surface area contributed by atoms with Gasteiger partial charge in [-0.2, -0.15) is 0 Å². The van der Waals surface area contributed by atoms with Crippen molar-refractivity contribution < 1.29 is 4.79 Å². The molecule has 1 aliphatic rings. The molecule has 1 atom stereocenters. The molecule has 0 aliphatic carbocycles. The van der Waals surface area contributed by atoms with Crippen molar-refractivity contribution in [1.29, 1.82) is 0 Å². The van der Waals surface area contributed by atoms with E-state index >= 15 is 0 Å². The van der Waals surface area contributed by atoms with E-state index in [1.165, 1.54) is 13.0 Å². The van der Waals surface area contributed by atoms with Gasteiger partial charge in [-0.25, -0.2) is 0 Å². The molecule has 1 saturated heterocycles. The third kappa shape index (κ3) is 3.35. The fourth-order valence-corrected chi connectivity index (χ4v) is 1.64. The highest BCUT2D eigenvalue weighted by molar-refractivity contribution is 5.77. The second-order valence-electron chi connectivity index (χ2n) is 4.32. The van der Waals surface area contributed by atoms with Gasteiger partial charge in [0, 0.05) is 19.0 Å². The molecule has 0 bridgehead atoms. The van der Waals surface area contributed by atoms with Gasteiger partial charge in [-0.3, -0.25) is 4.79 Å². The molecule has 1 N–H and O–H groups in total. The first-order chi connectivity index (χ1) is 6.09. The van der Waals surface area contributed by atoms with E-state index in [-0.39, 0.29) is 11.8 Å². The van der Waals surface area contributed by atoms with Crippen LogP contribution in [0.1, 0.15) is 20.3 Å². The second-order valence-corrected chi connectivity index (χ2v) is 4.32. The standard InChI is InChI=1S/C10H20N2O/c1-8(2)10(13)11-6-9-4-5-12(3)7-9/h8-9H,4-7H2,1-3H3,(H,11,13)/t9-/m0/s1. The fraction of sp³-hybridized carbons (Fsp3) is 0.900. The highest BCUT2D eigenvalue weighted by atomic mass is 16.1. The summed E-state index contributed by atoms with van der Waals surface area (Å²) in [6, 6.07) is 0. The van der Waals surface area contributed by atoms with Crippen LogP contribution in [0, 0.1) is 11.8 Å². The van der Waals surface area contributed by atoms with Gasteiger partial charge in [0.1, 0.15) is 0 Å². The third-order valence-corrected chi connectivity index (χ3v) is 2.58. The number of nitrogens with zero attached hydrogens (tertiary/aromatic N) is 1. The largest absolute Gasteiger partial charge is 0.356 e. The van der Waals surface area contributed by atoms with Gasteiger partial charge in [-0.1, -0.05) is 13.8 Å². The number of amides is 1. The van der Waals surface area contributed by atoms with Crippen LogP contribution in [0.2, 0.25) is 0 Å². The monoisotopic (exact) mass is 184 g/mol. The molecule has 13 heavy (non-hydrogen) atoms. The van der Waals surface area contributed by atoms with Crippen LogP contribution < -0.4 is 5.32 Å². The Kier molecular flexibility index (Phi) is 3.72. The molecule has 0 unspecified atom stereocenters. The Morgan fingerprint density at radius 3 is 2.77 bits per heavy atom. The van der Waals surface area contributed by atoms with E-state index in [1.54, 1.807) is 0 Å². The maximum atomic E-state index is 11.3. The molecular weight excluding hydrogens is 164 g/mol. The quantitative estimate of drug-likeness (QED) is 0.700. The first-order valence-electron chi connectivity index (χ1n) is 5.06. The SMILES string of the molecule is CC(C)C(=O)NC[C@@H]1CCN(C)C1. The van der Waals surface area contributed by atoms with E-state index < -0.39 is 0 Å². The molecule has 1 rings (SSSR count). The predicted octanol–water partition coefficient (Wildman–Crippen LogP) is 0.710. The van der Waals surface area contributed by atoms with Gasteiger partial charge in [0.05, 0.1) is 0 Å². The van der Waals surface area contributed by atoms with Crippen molar-refractivity contribution in [3.05, 3.63) is 0 Å². The molecule has 0 aromatic carbocycles. The molecule has 76 valence electrons. The van der Waals surface area contributed by atoms with Crippen LogP contribution in [0.4, 0.5) is 0 Å². The van der Waals surface area contributed by atoms with Crippen LogP contribution in [0.5, 0.6) is 0 Å². The molecular formula is C10H20N2O. The van der Waals surface area contributed by atoms with Gasteiger partial charge < -0.3 is 10.2 Å². The summed E-state index contributed by atoms with van der Waals surface area (Å²) in [5.41, 5.74) is 0. The van der Waals surface area contributed by atoms with Gasteiger partial charge in [0.15, 0.2) is 0 Å². The van der Waals surface area contributed by atoms with Crippen molar-refractivity contribution in [3.8, 4) is 0 Å². The minimum absolute atomic E-state index is 0.110. The second kappa shape index (κ2) is 4.61. The van der Waals surface area contributed by atoms with Gasteiger partial charge in [0.25, 0.3) is 0 Å². The minimum Gasteiger partial charge on any atom is -0.356 e. The smallest absolute Gasteiger partial charge is 0.222 e. The Morgan fingerprint density at radius 2 is 2.31 bits per heavy atom. The molecule has 0 aromatic rings. The number of rotatable bonds is 3.